The monoisotopic (exact) mass is 1740 g/mol. The molecular formula is C125H72N10S. The second-order valence-corrected chi connectivity index (χ2v) is 36.6. The Labute approximate surface area is 782 Å². The lowest BCUT2D eigenvalue weighted by Crippen LogP contribution is -2.06. The van der Waals surface area contributed by atoms with E-state index in [1.165, 1.54) is 184 Å². The van der Waals surface area contributed by atoms with Gasteiger partial charge in [0.15, 0.2) is 11.6 Å². The molecule has 28 aromatic rings. The summed E-state index contributed by atoms with van der Waals surface area (Å²) in [5.41, 5.74) is 34.0. The molecule has 19 aromatic carbocycles. The molecule has 0 unspecified atom stereocenters. The Balaban J connectivity index is 0.0000000990. The Kier molecular flexibility index (Phi) is 16.6. The average molecular weight is 1750 g/mol. The molecule has 9 aromatic heterocycles. The van der Waals surface area contributed by atoms with Gasteiger partial charge in [0.2, 0.25) is 5.95 Å². The molecule has 0 spiro atoms. The van der Waals surface area contributed by atoms with E-state index in [2.05, 4.69) is 402 Å². The topological polar surface area (TPSA) is 105 Å². The largest absolute Gasteiger partial charge is 0.294 e. The van der Waals surface area contributed by atoms with Crippen molar-refractivity contribution in [1.29, 1.82) is 0 Å². The van der Waals surface area contributed by atoms with E-state index in [0.717, 1.165) is 89.5 Å². The molecule has 0 bridgehead atoms. The van der Waals surface area contributed by atoms with E-state index in [-0.39, 0.29) is 0 Å². The predicted octanol–water partition coefficient (Wildman–Crippen LogP) is 32.7. The molecule has 0 aliphatic heterocycles. The molecular weight excluding hydrogens is 1670 g/mol. The molecule has 0 fully saturated rings. The highest BCUT2D eigenvalue weighted by Crippen LogP contribution is 2.57. The van der Waals surface area contributed by atoms with E-state index >= 15 is 0 Å². The van der Waals surface area contributed by atoms with Gasteiger partial charge in [-0.15, -0.1) is 11.3 Å². The van der Waals surface area contributed by atoms with Crippen LogP contribution in [-0.4, -0.2) is 48.6 Å². The molecule has 0 atom stereocenters. The van der Waals surface area contributed by atoms with E-state index in [9.17, 15) is 0 Å². The zero-order valence-electron chi connectivity index (χ0n) is 72.9. The number of hydrogen-bond donors (Lipinski definition) is 0. The Morgan fingerprint density at radius 3 is 1.16 bits per heavy atom. The van der Waals surface area contributed by atoms with Gasteiger partial charge in [-0.2, -0.15) is 9.97 Å². The van der Waals surface area contributed by atoms with Gasteiger partial charge in [-0.25, -0.2) is 24.9 Å². The quantitative estimate of drug-likeness (QED) is 0.149. The second kappa shape index (κ2) is 29.7. The average Bonchev–Trinajstić information content (AvgIpc) is 1.52. The van der Waals surface area contributed by atoms with Crippen LogP contribution in [0.2, 0.25) is 0 Å². The molecule has 0 amide bonds. The van der Waals surface area contributed by atoms with Crippen LogP contribution in [0.25, 0.3) is 292 Å². The maximum absolute atomic E-state index is 5.31. The van der Waals surface area contributed by atoms with Crippen LogP contribution in [0.15, 0.2) is 437 Å². The summed E-state index contributed by atoms with van der Waals surface area (Å²) in [6, 6.07) is 156. The standard InChI is InChI=1S/C43H26N4.C42H23N3S.C40H23N3/c1-3-11-27(12-4-1)28-21-23-31(24-22-28)42-44-41(30-13-5-2-6-14-30)45-43(46-42)47-36-20-10-19-35-33-17-8-7-16-32(33)34-18-9-15-29-25-26-37(47)40(38(29)34)39(35)36;1-2-10-24(11-3-1)31-20-21-33-32(43-31)22-23-36(44-33)45-34-18-9-16-28-26-13-5-4-12-25(26)27-15-8-17-30-37(27)40(39(28)34)41(45)42-38(30)29-14-6-7-19-35(29)46-42;1-2-9-25(10-3-1)31-19-20-33-32(41-31)21-23-36(42-33)43-34-15-7-14-30-38-27-12-5-4-8-24(27)16-18-29(38)28-13-6-11-26-17-22-35(43)40(37(26)28)39(30)34/h1-26H;1-23H;1-23H. The first-order valence-electron chi connectivity index (χ1n) is 46.2. The summed E-state index contributed by atoms with van der Waals surface area (Å²) in [5.74, 6) is 3.68. The van der Waals surface area contributed by atoms with Crippen LogP contribution in [0.3, 0.4) is 0 Å². The summed E-state index contributed by atoms with van der Waals surface area (Å²) in [7, 11) is 0. The highest BCUT2D eigenvalue weighted by atomic mass is 32.1. The number of pyridine rings is 4. The van der Waals surface area contributed by atoms with Gasteiger partial charge in [0, 0.05) is 75.4 Å². The third-order valence-electron chi connectivity index (χ3n) is 28.2. The van der Waals surface area contributed by atoms with Crippen molar-refractivity contribution in [2.45, 2.75) is 0 Å². The minimum absolute atomic E-state index is 0.601. The Morgan fingerprint density at radius 1 is 0.184 bits per heavy atom. The van der Waals surface area contributed by atoms with Gasteiger partial charge < -0.3 is 0 Å². The summed E-state index contributed by atoms with van der Waals surface area (Å²) in [6.45, 7) is 0. The van der Waals surface area contributed by atoms with E-state index in [1.807, 2.05) is 59.9 Å². The van der Waals surface area contributed by atoms with Crippen LogP contribution in [0.1, 0.15) is 0 Å². The number of nitrogens with zero attached hydrogens (tertiary/aromatic N) is 10. The summed E-state index contributed by atoms with van der Waals surface area (Å²) in [5, 5.41) is 20.5. The number of hydrogen-bond acceptors (Lipinski definition) is 8. The molecule has 136 heavy (non-hydrogen) atoms. The van der Waals surface area contributed by atoms with Crippen LogP contribution < -0.4 is 0 Å². The fourth-order valence-corrected chi connectivity index (χ4v) is 23.7. The van der Waals surface area contributed by atoms with E-state index in [1.54, 1.807) is 0 Å². The van der Waals surface area contributed by atoms with Crippen molar-refractivity contribution in [3.8, 4) is 141 Å². The van der Waals surface area contributed by atoms with Gasteiger partial charge in [0.05, 0.1) is 71.3 Å². The minimum atomic E-state index is 0.601. The molecule has 0 saturated heterocycles. The van der Waals surface area contributed by atoms with Gasteiger partial charge in [-0.1, -0.05) is 352 Å². The number of rotatable bonds is 8. The lowest BCUT2D eigenvalue weighted by atomic mass is 9.89. The maximum atomic E-state index is 5.31. The molecule has 11 heteroatoms. The minimum Gasteiger partial charge on any atom is -0.294 e. The van der Waals surface area contributed by atoms with Crippen molar-refractivity contribution in [3.05, 3.63) is 437 Å². The maximum Gasteiger partial charge on any atom is 0.238 e. The zero-order chi connectivity index (χ0) is 88.9. The first-order chi connectivity index (χ1) is 67.5. The predicted molar refractivity (Wildman–Crippen MR) is 565 cm³/mol. The summed E-state index contributed by atoms with van der Waals surface area (Å²) < 4.78 is 9.59. The fraction of sp³-hybridized carbons (Fsp3) is 0. The third kappa shape index (κ3) is 11.4. The zero-order valence-corrected chi connectivity index (χ0v) is 73.8. The van der Waals surface area contributed by atoms with Gasteiger partial charge in [0.1, 0.15) is 11.6 Å². The molecule has 0 radical (unpaired) electrons. The smallest absolute Gasteiger partial charge is 0.238 e. The summed E-state index contributed by atoms with van der Waals surface area (Å²) in [6.07, 6.45) is 0. The highest BCUT2D eigenvalue weighted by molar-refractivity contribution is 7.27. The Hall–Kier alpha value is -18.0. The molecule has 628 valence electrons. The normalized spacial score (nSPS) is 12.1. The van der Waals surface area contributed by atoms with Crippen LogP contribution in [-0.2, 0) is 0 Å². The van der Waals surface area contributed by atoms with Crippen molar-refractivity contribution in [3.63, 3.8) is 0 Å². The lowest BCUT2D eigenvalue weighted by Gasteiger charge is -2.16. The van der Waals surface area contributed by atoms with E-state index in [0.29, 0.717) is 17.6 Å². The molecule has 3 aliphatic carbocycles. The van der Waals surface area contributed by atoms with Crippen LogP contribution in [0.4, 0.5) is 0 Å². The molecule has 10 nitrogen and oxygen atoms in total. The molecule has 0 N–H and O–H groups in total. The highest BCUT2D eigenvalue weighted by Gasteiger charge is 2.33. The summed E-state index contributed by atoms with van der Waals surface area (Å²) >= 11 is 1.89. The number of benzene rings is 19. The van der Waals surface area contributed by atoms with Gasteiger partial charge in [-0.3, -0.25) is 13.7 Å². The van der Waals surface area contributed by atoms with E-state index < -0.39 is 0 Å². The third-order valence-corrected chi connectivity index (χ3v) is 29.4. The molecule has 0 saturated carbocycles. The first kappa shape index (κ1) is 75.8. The van der Waals surface area contributed by atoms with E-state index in [4.69, 9.17) is 34.9 Å². The first-order valence-corrected chi connectivity index (χ1v) is 47.0. The van der Waals surface area contributed by atoms with Crippen molar-refractivity contribution in [1.82, 2.24) is 48.6 Å². The van der Waals surface area contributed by atoms with Crippen molar-refractivity contribution in [2.24, 2.45) is 0 Å². The van der Waals surface area contributed by atoms with Crippen LogP contribution in [0, 0.1) is 0 Å². The number of fused-ring (bicyclic) bond motifs is 18. The lowest BCUT2D eigenvalue weighted by molar-refractivity contribution is 0.953. The number of aromatic nitrogens is 10. The van der Waals surface area contributed by atoms with Crippen LogP contribution in [0.5, 0.6) is 0 Å². The number of thiophene rings is 1. The Bertz CT molecular complexity index is 9990. The van der Waals surface area contributed by atoms with Crippen molar-refractivity contribution < 1.29 is 0 Å². The molecule has 3 aliphatic rings. The van der Waals surface area contributed by atoms with Gasteiger partial charge in [0.25, 0.3) is 0 Å². The fourth-order valence-electron chi connectivity index (χ4n) is 22.4. The molecule has 31 rings (SSSR count). The van der Waals surface area contributed by atoms with Gasteiger partial charge in [-0.05, 0) is 201 Å². The van der Waals surface area contributed by atoms with Crippen molar-refractivity contribution >= 4 is 162 Å². The summed E-state index contributed by atoms with van der Waals surface area (Å²) in [4.78, 5) is 35.9. The SMILES string of the molecule is c1ccc(-c2ccc(-c3nc(-c4ccccc4)nc(-n4c5cccc6c5c5c7c(cccc7ccc54)-c4ccccc4-6)n3)cc2)cc1.c1ccc(-c2ccc3nc(-n4c5cccc6c5c5c7c(cccc7c7c8ccccc8sc7c54)-c4ccccc4-6)ccc3n2)cc1.c1ccc(-c2ccc3nc(-n4c5cccc6c5c5c7c(cccc7ccc54)-c4ccc5ccccc5c4-6)ccc3n2)cc1. The van der Waals surface area contributed by atoms with Crippen molar-refractivity contribution in [2.75, 3.05) is 0 Å². The van der Waals surface area contributed by atoms with Crippen LogP contribution >= 0.6 is 11.3 Å². The second-order valence-electron chi connectivity index (χ2n) is 35.5. The Morgan fingerprint density at radius 2 is 0.566 bits per heavy atom. The molecule has 9 heterocycles. The van der Waals surface area contributed by atoms with Gasteiger partial charge >= 0.3 is 0 Å².